The van der Waals surface area contributed by atoms with Crippen LogP contribution in [0.4, 0.5) is 5.69 Å². The Morgan fingerprint density at radius 1 is 1.04 bits per heavy atom. The van der Waals surface area contributed by atoms with E-state index >= 15 is 0 Å². The maximum absolute atomic E-state index is 12.4. The molecule has 0 saturated heterocycles. The number of anilines is 1. The first kappa shape index (κ1) is 15.7. The normalized spacial score (nSPS) is 10.4. The summed E-state index contributed by atoms with van der Waals surface area (Å²) in [4.78, 5) is 28.3. The zero-order chi connectivity index (χ0) is 17.1. The Balaban J connectivity index is 1.84. The number of benzene rings is 2. The number of hydrogen-bond acceptors (Lipinski definition) is 4. The molecule has 0 unspecified atom stereocenters. The molecule has 3 rings (SSSR count). The monoisotopic (exact) mass is 320 g/mol. The highest BCUT2D eigenvalue weighted by molar-refractivity contribution is 6.04. The van der Waals surface area contributed by atoms with E-state index < -0.39 is 5.97 Å². The smallest absolute Gasteiger partial charge is 0.337 e. The number of methoxy groups -OCH3 is 1. The molecule has 0 atom stereocenters. The van der Waals surface area contributed by atoms with Crippen molar-refractivity contribution in [3.05, 3.63) is 71.4 Å². The molecule has 0 aliphatic carbocycles. The van der Waals surface area contributed by atoms with E-state index in [2.05, 4.69) is 15.0 Å². The number of pyridine rings is 1. The van der Waals surface area contributed by atoms with E-state index in [0.29, 0.717) is 16.9 Å². The SMILES string of the molecule is COC(=O)c1ccc(NC(=O)c2ccc3ccccc3n2)c(C)c1. The summed E-state index contributed by atoms with van der Waals surface area (Å²) in [5, 5.41) is 3.80. The Kier molecular flexibility index (Phi) is 4.24. The molecule has 5 nitrogen and oxygen atoms in total. The summed E-state index contributed by atoms with van der Waals surface area (Å²) in [6.07, 6.45) is 0. The highest BCUT2D eigenvalue weighted by Crippen LogP contribution is 2.19. The van der Waals surface area contributed by atoms with Gasteiger partial charge in [0.25, 0.3) is 5.91 Å². The zero-order valence-corrected chi connectivity index (χ0v) is 13.4. The molecule has 0 spiro atoms. The summed E-state index contributed by atoms with van der Waals surface area (Å²) in [6, 6.07) is 16.1. The van der Waals surface area contributed by atoms with Gasteiger partial charge in [0.15, 0.2) is 0 Å². The number of aromatic nitrogens is 1. The number of para-hydroxylation sites is 1. The highest BCUT2D eigenvalue weighted by atomic mass is 16.5. The quantitative estimate of drug-likeness (QED) is 0.749. The number of carbonyl (C=O) groups is 2. The Hall–Kier alpha value is -3.21. The lowest BCUT2D eigenvalue weighted by Crippen LogP contribution is -2.14. The van der Waals surface area contributed by atoms with E-state index in [1.807, 2.05) is 37.3 Å². The summed E-state index contributed by atoms with van der Waals surface area (Å²) in [6.45, 7) is 1.82. The third-order valence-electron chi connectivity index (χ3n) is 3.73. The molecule has 0 aliphatic heterocycles. The number of aryl methyl sites for hydroxylation is 1. The average molecular weight is 320 g/mol. The van der Waals surface area contributed by atoms with Crippen LogP contribution < -0.4 is 5.32 Å². The van der Waals surface area contributed by atoms with Crippen LogP contribution in [-0.4, -0.2) is 24.0 Å². The minimum Gasteiger partial charge on any atom is -0.465 e. The van der Waals surface area contributed by atoms with Crippen LogP contribution in [0.15, 0.2) is 54.6 Å². The van der Waals surface area contributed by atoms with Gasteiger partial charge < -0.3 is 10.1 Å². The van der Waals surface area contributed by atoms with E-state index in [1.165, 1.54) is 7.11 Å². The van der Waals surface area contributed by atoms with Crippen molar-refractivity contribution in [2.75, 3.05) is 12.4 Å². The molecule has 24 heavy (non-hydrogen) atoms. The van der Waals surface area contributed by atoms with Crippen molar-refractivity contribution in [1.29, 1.82) is 0 Å². The molecule has 0 bridgehead atoms. The largest absolute Gasteiger partial charge is 0.465 e. The fraction of sp³-hybridized carbons (Fsp3) is 0.105. The summed E-state index contributed by atoms with van der Waals surface area (Å²) in [5.41, 5.74) is 2.94. The second kappa shape index (κ2) is 6.50. The molecular weight excluding hydrogens is 304 g/mol. The first-order chi connectivity index (χ1) is 11.6. The van der Waals surface area contributed by atoms with Crippen LogP contribution in [-0.2, 0) is 4.74 Å². The number of nitrogens with one attached hydrogen (secondary N) is 1. The van der Waals surface area contributed by atoms with Crippen molar-refractivity contribution in [3.8, 4) is 0 Å². The maximum atomic E-state index is 12.4. The molecule has 0 aliphatic rings. The molecule has 3 aromatic rings. The summed E-state index contributed by atoms with van der Waals surface area (Å²) >= 11 is 0. The first-order valence-electron chi connectivity index (χ1n) is 7.44. The van der Waals surface area contributed by atoms with Crippen LogP contribution in [0.3, 0.4) is 0 Å². The molecule has 0 saturated carbocycles. The Morgan fingerprint density at radius 3 is 2.58 bits per heavy atom. The Labute approximate surface area is 139 Å². The maximum Gasteiger partial charge on any atom is 0.337 e. The van der Waals surface area contributed by atoms with Gasteiger partial charge >= 0.3 is 5.97 Å². The first-order valence-corrected chi connectivity index (χ1v) is 7.44. The fourth-order valence-corrected chi connectivity index (χ4v) is 2.43. The van der Waals surface area contributed by atoms with E-state index in [9.17, 15) is 9.59 Å². The van der Waals surface area contributed by atoms with Crippen molar-refractivity contribution in [2.24, 2.45) is 0 Å². The van der Waals surface area contributed by atoms with Gasteiger partial charge in [0.05, 0.1) is 18.2 Å². The summed E-state index contributed by atoms with van der Waals surface area (Å²) in [7, 11) is 1.33. The van der Waals surface area contributed by atoms with Crippen LogP contribution in [0.1, 0.15) is 26.4 Å². The Bertz CT molecular complexity index is 935. The number of amides is 1. The van der Waals surface area contributed by atoms with E-state index in [1.54, 1.807) is 24.3 Å². The second-order valence-corrected chi connectivity index (χ2v) is 5.36. The Morgan fingerprint density at radius 2 is 1.83 bits per heavy atom. The molecule has 0 fully saturated rings. The van der Waals surface area contributed by atoms with Gasteiger partial charge in [0.2, 0.25) is 0 Å². The minimum absolute atomic E-state index is 0.297. The van der Waals surface area contributed by atoms with Crippen molar-refractivity contribution < 1.29 is 14.3 Å². The van der Waals surface area contributed by atoms with Crippen LogP contribution in [0, 0.1) is 6.92 Å². The van der Waals surface area contributed by atoms with Crippen molar-refractivity contribution in [1.82, 2.24) is 4.98 Å². The topological polar surface area (TPSA) is 68.3 Å². The lowest BCUT2D eigenvalue weighted by molar-refractivity contribution is 0.0600. The fourth-order valence-electron chi connectivity index (χ4n) is 2.43. The number of hydrogen-bond donors (Lipinski definition) is 1. The molecule has 2 aromatic carbocycles. The molecule has 5 heteroatoms. The van der Waals surface area contributed by atoms with Gasteiger partial charge in [-0.3, -0.25) is 4.79 Å². The number of fused-ring (bicyclic) bond motifs is 1. The van der Waals surface area contributed by atoms with Gasteiger partial charge in [-0.05, 0) is 42.8 Å². The van der Waals surface area contributed by atoms with Gasteiger partial charge in [0, 0.05) is 11.1 Å². The van der Waals surface area contributed by atoms with Gasteiger partial charge in [-0.15, -0.1) is 0 Å². The third kappa shape index (κ3) is 3.10. The number of nitrogens with zero attached hydrogens (tertiary/aromatic N) is 1. The van der Waals surface area contributed by atoms with Gasteiger partial charge in [-0.25, -0.2) is 9.78 Å². The van der Waals surface area contributed by atoms with Gasteiger partial charge in [-0.2, -0.15) is 0 Å². The number of rotatable bonds is 3. The predicted molar refractivity (Wildman–Crippen MR) is 92.2 cm³/mol. The predicted octanol–water partition coefficient (Wildman–Crippen LogP) is 3.58. The molecular formula is C19H16N2O3. The average Bonchev–Trinajstić information content (AvgIpc) is 2.62. The number of esters is 1. The van der Waals surface area contributed by atoms with Crippen molar-refractivity contribution in [2.45, 2.75) is 6.92 Å². The lowest BCUT2D eigenvalue weighted by Gasteiger charge is -2.10. The lowest BCUT2D eigenvalue weighted by atomic mass is 10.1. The number of ether oxygens (including phenoxy) is 1. The summed E-state index contributed by atoms with van der Waals surface area (Å²) in [5.74, 6) is -0.707. The highest BCUT2D eigenvalue weighted by Gasteiger charge is 2.12. The molecule has 1 N–H and O–H groups in total. The van der Waals surface area contributed by atoms with E-state index in [0.717, 1.165) is 16.5 Å². The van der Waals surface area contributed by atoms with Crippen LogP contribution >= 0.6 is 0 Å². The second-order valence-electron chi connectivity index (χ2n) is 5.36. The third-order valence-corrected chi connectivity index (χ3v) is 3.73. The summed E-state index contributed by atoms with van der Waals surface area (Å²) < 4.78 is 4.69. The standard InChI is InChI=1S/C19H16N2O3/c1-12-11-14(19(23)24-2)8-9-15(12)21-18(22)17-10-7-13-5-3-4-6-16(13)20-17/h3-11H,1-2H3,(H,21,22). The molecule has 1 aromatic heterocycles. The van der Waals surface area contributed by atoms with Crippen LogP contribution in [0.5, 0.6) is 0 Å². The van der Waals surface area contributed by atoms with Gasteiger partial charge in [0.1, 0.15) is 5.69 Å². The van der Waals surface area contributed by atoms with Crippen molar-refractivity contribution in [3.63, 3.8) is 0 Å². The minimum atomic E-state index is -0.410. The van der Waals surface area contributed by atoms with Crippen LogP contribution in [0.25, 0.3) is 10.9 Å². The molecule has 1 amide bonds. The van der Waals surface area contributed by atoms with Crippen molar-refractivity contribution >= 4 is 28.5 Å². The van der Waals surface area contributed by atoms with E-state index in [-0.39, 0.29) is 5.91 Å². The van der Waals surface area contributed by atoms with E-state index in [4.69, 9.17) is 0 Å². The van der Waals surface area contributed by atoms with Gasteiger partial charge in [-0.1, -0.05) is 24.3 Å². The molecule has 1 heterocycles. The molecule has 0 radical (unpaired) electrons. The van der Waals surface area contributed by atoms with Crippen LogP contribution in [0.2, 0.25) is 0 Å². The zero-order valence-electron chi connectivity index (χ0n) is 13.4. The number of carbonyl (C=O) groups excluding carboxylic acids is 2. The molecule has 120 valence electrons.